The number of fused-ring (bicyclic) bond motifs is 1. The number of aliphatic carboxylic acids is 1. The topological polar surface area (TPSA) is 139 Å². The summed E-state index contributed by atoms with van der Waals surface area (Å²) >= 11 is 5.98. The van der Waals surface area contributed by atoms with Crippen LogP contribution in [0.4, 0.5) is 15.8 Å². The van der Waals surface area contributed by atoms with E-state index in [1.54, 1.807) is 42.5 Å². The number of halogens is 2. The number of pyridine rings is 1. The van der Waals surface area contributed by atoms with E-state index in [0.29, 0.717) is 46.0 Å². The quantitative estimate of drug-likeness (QED) is 0.136. The number of rotatable bonds is 12. The Hall–Kier alpha value is -3.26. The first kappa shape index (κ1) is 33.6. The van der Waals surface area contributed by atoms with Gasteiger partial charge in [0.1, 0.15) is 11.2 Å². The molecule has 5 rings (SSSR count). The average Bonchev–Trinajstić information content (AvgIpc) is 3.79. The van der Waals surface area contributed by atoms with Crippen LogP contribution in [0.2, 0.25) is 5.02 Å². The predicted octanol–water partition coefficient (Wildman–Crippen LogP) is 2.10. The molecule has 4 aromatic rings. The van der Waals surface area contributed by atoms with E-state index in [9.17, 15) is 19.5 Å². The molecule has 1 aromatic heterocycles. The zero-order valence-electron chi connectivity index (χ0n) is 23.9. The summed E-state index contributed by atoms with van der Waals surface area (Å²) in [6, 6.07) is 15.4. The Morgan fingerprint density at radius 3 is 2.32 bits per heavy atom. The Balaban J connectivity index is 0.00000442. The monoisotopic (exact) mass is 645 g/mol. The number of benzene rings is 3. The summed E-state index contributed by atoms with van der Waals surface area (Å²) in [7, 11) is 1.45. The van der Waals surface area contributed by atoms with Crippen molar-refractivity contribution in [2.24, 2.45) is 5.41 Å². The molecular formula is C31H26ClFKN3O7. The van der Waals surface area contributed by atoms with Gasteiger partial charge in [-0.25, -0.2) is 4.39 Å². The van der Waals surface area contributed by atoms with E-state index in [0.717, 1.165) is 6.07 Å². The molecule has 2 N–H and O–H groups in total. The largest absolute Gasteiger partial charge is 1.00 e. The van der Waals surface area contributed by atoms with Crippen LogP contribution in [0.15, 0.2) is 66.9 Å². The molecule has 10 nitrogen and oxygen atoms in total. The fraction of sp³-hybridized carbons (Fsp3) is 0.226. The fourth-order valence-electron chi connectivity index (χ4n) is 4.42. The number of methoxy groups -OCH3 is 1. The smallest absolute Gasteiger partial charge is 0.550 e. The van der Waals surface area contributed by atoms with E-state index in [4.69, 9.17) is 25.8 Å². The number of nitrogens with zero attached hydrogens (tertiary/aromatic N) is 1. The van der Waals surface area contributed by atoms with Gasteiger partial charge in [0.15, 0.2) is 23.1 Å². The van der Waals surface area contributed by atoms with Crippen LogP contribution in [0.5, 0.6) is 23.0 Å². The molecule has 13 heteroatoms. The average molecular weight is 646 g/mol. The molecule has 0 bridgehead atoms. The summed E-state index contributed by atoms with van der Waals surface area (Å²) in [4.78, 5) is 40.9. The third-order valence-corrected chi connectivity index (χ3v) is 7.12. The third kappa shape index (κ3) is 7.87. The molecule has 1 heterocycles. The standard InChI is InChI=1S/C31H27ClFN3O7.K/c1-41-26-16-21-23(17-27(26)42-13-3-6-28(37)38)34-12-9-24(21)43-25-8-7-20(15-22(25)33)36-30(40)31(10-11-31)29(39)35-19-5-2-4-18(32)14-19;/h2,4-5,7-9,12,14-17H,3,6,10-11,13H2,1H3,(H,35,39)(H,36,40)(H,37,38);/q;+1/p-1. The zero-order chi connectivity index (χ0) is 30.6. The zero-order valence-corrected chi connectivity index (χ0v) is 27.8. The number of carbonyl (C=O) groups excluding carboxylic acids is 3. The molecule has 222 valence electrons. The second kappa shape index (κ2) is 14.7. The van der Waals surface area contributed by atoms with Crippen LogP contribution in [-0.2, 0) is 14.4 Å². The van der Waals surface area contributed by atoms with E-state index in [-0.39, 0.29) is 88.0 Å². The summed E-state index contributed by atoms with van der Waals surface area (Å²) in [6.45, 7) is 0.133. The molecule has 1 saturated carbocycles. The number of carboxylic acid groups (broad SMARTS) is 1. The van der Waals surface area contributed by atoms with E-state index in [1.165, 1.54) is 25.4 Å². The van der Waals surface area contributed by atoms with Crippen LogP contribution in [-0.4, -0.2) is 36.5 Å². The van der Waals surface area contributed by atoms with Crippen LogP contribution >= 0.6 is 11.6 Å². The van der Waals surface area contributed by atoms with Crippen molar-refractivity contribution in [3.63, 3.8) is 0 Å². The van der Waals surface area contributed by atoms with Gasteiger partial charge in [-0.1, -0.05) is 17.7 Å². The number of amides is 2. The van der Waals surface area contributed by atoms with Crippen molar-refractivity contribution in [2.75, 3.05) is 24.4 Å². The molecule has 0 aliphatic heterocycles. The number of ether oxygens (including phenoxy) is 3. The van der Waals surface area contributed by atoms with Crippen molar-refractivity contribution in [1.29, 1.82) is 0 Å². The molecule has 2 amide bonds. The molecule has 3 aromatic carbocycles. The minimum atomic E-state index is -1.25. The molecular weight excluding hydrogens is 620 g/mol. The minimum Gasteiger partial charge on any atom is -0.550 e. The van der Waals surface area contributed by atoms with Crippen LogP contribution < -0.4 is 81.3 Å². The number of hydrogen-bond donors (Lipinski definition) is 2. The number of carboxylic acids is 1. The third-order valence-electron chi connectivity index (χ3n) is 6.88. The number of nitrogens with one attached hydrogen (secondary N) is 2. The van der Waals surface area contributed by atoms with E-state index >= 15 is 4.39 Å². The molecule has 1 aliphatic rings. The predicted molar refractivity (Wildman–Crippen MR) is 155 cm³/mol. The molecule has 0 spiro atoms. The van der Waals surface area contributed by atoms with Gasteiger partial charge in [-0.3, -0.25) is 14.6 Å². The van der Waals surface area contributed by atoms with Crippen molar-refractivity contribution >= 4 is 51.7 Å². The van der Waals surface area contributed by atoms with Crippen molar-refractivity contribution in [3.8, 4) is 23.0 Å². The van der Waals surface area contributed by atoms with E-state index in [2.05, 4.69) is 15.6 Å². The van der Waals surface area contributed by atoms with Gasteiger partial charge in [-0.05, 0) is 68.1 Å². The van der Waals surface area contributed by atoms with Crippen LogP contribution in [0.1, 0.15) is 25.7 Å². The van der Waals surface area contributed by atoms with Crippen molar-refractivity contribution in [2.45, 2.75) is 25.7 Å². The van der Waals surface area contributed by atoms with Crippen LogP contribution in [0.25, 0.3) is 10.9 Å². The molecule has 44 heavy (non-hydrogen) atoms. The Labute approximate surface area is 299 Å². The second-order valence-electron chi connectivity index (χ2n) is 9.90. The summed E-state index contributed by atoms with van der Waals surface area (Å²) in [5.41, 5.74) is -0.136. The van der Waals surface area contributed by atoms with E-state index in [1.807, 2.05) is 0 Å². The van der Waals surface area contributed by atoms with Gasteiger partial charge in [0.05, 0.1) is 19.2 Å². The summed E-state index contributed by atoms with van der Waals surface area (Å²) in [6.07, 6.45) is 2.33. The van der Waals surface area contributed by atoms with Gasteiger partial charge in [0.25, 0.3) is 0 Å². The number of hydrogen-bond acceptors (Lipinski definition) is 8. The maximum Gasteiger partial charge on any atom is 1.00 e. The number of aromatic nitrogens is 1. The molecule has 1 aliphatic carbocycles. The van der Waals surface area contributed by atoms with Gasteiger partial charge in [0, 0.05) is 46.1 Å². The van der Waals surface area contributed by atoms with Crippen molar-refractivity contribution in [1.82, 2.24) is 4.98 Å². The van der Waals surface area contributed by atoms with Gasteiger partial charge in [-0.2, -0.15) is 0 Å². The molecule has 1 fully saturated rings. The SMILES string of the molecule is COc1cc2c(Oc3ccc(NC(=O)C4(C(=O)Nc5cccc(Cl)c5)CC4)cc3F)ccnc2cc1OCCCC(=O)[O-].[K+]. The first-order valence-corrected chi connectivity index (χ1v) is 13.7. The molecule has 0 unspecified atom stereocenters. The Bertz CT molecular complexity index is 1720. The van der Waals surface area contributed by atoms with Crippen LogP contribution in [0.3, 0.4) is 0 Å². The summed E-state index contributed by atoms with van der Waals surface area (Å²) in [5.74, 6) is -2.00. The summed E-state index contributed by atoms with van der Waals surface area (Å²) < 4.78 is 32.1. The molecule has 0 saturated heterocycles. The number of anilines is 2. The van der Waals surface area contributed by atoms with Gasteiger partial charge >= 0.3 is 51.4 Å². The fourth-order valence-corrected chi connectivity index (χ4v) is 4.61. The van der Waals surface area contributed by atoms with Gasteiger partial charge < -0.3 is 34.7 Å². The normalized spacial score (nSPS) is 12.9. The Kier molecular flexibility index (Phi) is 11.2. The first-order valence-electron chi connectivity index (χ1n) is 13.3. The van der Waals surface area contributed by atoms with Gasteiger partial charge in [-0.15, -0.1) is 0 Å². The second-order valence-corrected chi connectivity index (χ2v) is 10.3. The maximum absolute atomic E-state index is 15.1. The Morgan fingerprint density at radius 2 is 1.68 bits per heavy atom. The maximum atomic E-state index is 15.1. The summed E-state index contributed by atoms with van der Waals surface area (Å²) in [5, 5.41) is 17.0. The van der Waals surface area contributed by atoms with E-state index < -0.39 is 29.0 Å². The Morgan fingerprint density at radius 1 is 0.955 bits per heavy atom. The van der Waals surface area contributed by atoms with Gasteiger partial charge in [0.2, 0.25) is 11.8 Å². The molecule has 0 atom stereocenters. The molecule has 0 radical (unpaired) electrons. The number of carbonyl (C=O) groups is 3. The van der Waals surface area contributed by atoms with Crippen LogP contribution in [0, 0.1) is 11.2 Å². The van der Waals surface area contributed by atoms with Crippen molar-refractivity contribution in [3.05, 3.63) is 77.7 Å². The van der Waals surface area contributed by atoms with Crippen molar-refractivity contribution < 1.29 is 89.5 Å². The first-order chi connectivity index (χ1) is 20.7. The minimum absolute atomic E-state index is 0.